The second-order valence-electron chi connectivity index (χ2n) is 2.70. The Bertz CT molecular complexity index is 75.0. The maximum absolute atomic E-state index is 5.43. The monoisotopic (exact) mass is 129 g/mol. The molecule has 0 aromatic heterocycles. The van der Waals surface area contributed by atoms with Crippen LogP contribution in [0.5, 0.6) is 0 Å². The third-order valence-corrected chi connectivity index (χ3v) is 2.00. The Morgan fingerprint density at radius 3 is 2.78 bits per heavy atom. The van der Waals surface area contributed by atoms with E-state index in [9.17, 15) is 0 Å². The first-order chi connectivity index (χ1) is 4.36. The summed E-state index contributed by atoms with van der Waals surface area (Å²) in [6.07, 6.45) is 2.76. The first-order valence-electron chi connectivity index (χ1n) is 3.68. The molecule has 1 aliphatic heterocycles. The summed E-state index contributed by atoms with van der Waals surface area (Å²) in [6.45, 7) is 3.82. The SMILES string of the molecule is CC[C@@H]1CO[C@H](CN)C1. The van der Waals surface area contributed by atoms with Gasteiger partial charge in [0.05, 0.1) is 6.10 Å². The zero-order chi connectivity index (χ0) is 6.69. The molecule has 1 heterocycles. The van der Waals surface area contributed by atoms with Crippen molar-refractivity contribution in [2.45, 2.75) is 25.9 Å². The van der Waals surface area contributed by atoms with Crippen LogP contribution in [0, 0.1) is 5.92 Å². The Morgan fingerprint density at radius 2 is 2.44 bits per heavy atom. The van der Waals surface area contributed by atoms with Gasteiger partial charge in [0.2, 0.25) is 0 Å². The van der Waals surface area contributed by atoms with Crippen molar-refractivity contribution < 1.29 is 4.74 Å². The molecule has 1 aliphatic rings. The minimum Gasteiger partial charge on any atom is -0.377 e. The molecule has 54 valence electrons. The zero-order valence-corrected chi connectivity index (χ0v) is 5.97. The van der Waals surface area contributed by atoms with Crippen molar-refractivity contribution in [1.29, 1.82) is 0 Å². The van der Waals surface area contributed by atoms with Crippen LogP contribution in [0.4, 0.5) is 0 Å². The van der Waals surface area contributed by atoms with Crippen molar-refractivity contribution in [2.75, 3.05) is 13.2 Å². The largest absolute Gasteiger partial charge is 0.377 e. The Labute approximate surface area is 56.4 Å². The fourth-order valence-electron chi connectivity index (χ4n) is 1.23. The minimum atomic E-state index is 0.356. The van der Waals surface area contributed by atoms with E-state index in [1.165, 1.54) is 12.8 Å². The third-order valence-electron chi connectivity index (χ3n) is 2.00. The molecule has 0 bridgehead atoms. The fraction of sp³-hybridized carbons (Fsp3) is 1.00. The minimum absolute atomic E-state index is 0.356. The van der Waals surface area contributed by atoms with Crippen molar-refractivity contribution in [3.05, 3.63) is 0 Å². The van der Waals surface area contributed by atoms with Crippen LogP contribution in [-0.4, -0.2) is 19.3 Å². The average molecular weight is 129 g/mol. The Balaban J connectivity index is 2.20. The molecule has 2 atom stereocenters. The second-order valence-corrected chi connectivity index (χ2v) is 2.70. The molecule has 0 amide bonds. The van der Waals surface area contributed by atoms with Crippen LogP contribution in [-0.2, 0) is 4.74 Å². The molecule has 0 radical (unpaired) electrons. The maximum atomic E-state index is 5.43. The van der Waals surface area contributed by atoms with Crippen LogP contribution >= 0.6 is 0 Å². The van der Waals surface area contributed by atoms with Gasteiger partial charge in [-0.05, 0) is 12.3 Å². The summed E-state index contributed by atoms with van der Waals surface area (Å²) < 4.78 is 5.38. The normalized spacial score (nSPS) is 35.3. The third kappa shape index (κ3) is 1.66. The molecule has 0 aliphatic carbocycles. The van der Waals surface area contributed by atoms with Gasteiger partial charge in [-0.3, -0.25) is 0 Å². The van der Waals surface area contributed by atoms with Gasteiger partial charge in [0.25, 0.3) is 0 Å². The van der Waals surface area contributed by atoms with Gasteiger partial charge in [0, 0.05) is 13.2 Å². The van der Waals surface area contributed by atoms with Gasteiger partial charge in [-0.15, -0.1) is 0 Å². The Morgan fingerprint density at radius 1 is 1.67 bits per heavy atom. The molecular weight excluding hydrogens is 114 g/mol. The van der Waals surface area contributed by atoms with Gasteiger partial charge in [-0.25, -0.2) is 0 Å². The highest BCUT2D eigenvalue weighted by atomic mass is 16.5. The van der Waals surface area contributed by atoms with Crippen LogP contribution in [0.15, 0.2) is 0 Å². The number of rotatable bonds is 2. The molecular formula is C7H15NO. The standard InChI is InChI=1S/C7H15NO/c1-2-6-3-7(4-8)9-5-6/h6-7H,2-5,8H2,1H3/t6-,7-/m0/s1. The van der Waals surface area contributed by atoms with Crippen molar-refractivity contribution in [3.8, 4) is 0 Å². The van der Waals surface area contributed by atoms with Crippen molar-refractivity contribution in [1.82, 2.24) is 0 Å². The number of hydrogen-bond donors (Lipinski definition) is 1. The summed E-state index contributed by atoms with van der Waals surface area (Å²) >= 11 is 0. The number of hydrogen-bond acceptors (Lipinski definition) is 2. The summed E-state index contributed by atoms with van der Waals surface area (Å²) in [5.74, 6) is 0.776. The molecule has 1 saturated heterocycles. The molecule has 0 aromatic carbocycles. The van der Waals surface area contributed by atoms with E-state index in [1.807, 2.05) is 0 Å². The molecule has 0 spiro atoms. The van der Waals surface area contributed by atoms with Crippen molar-refractivity contribution >= 4 is 0 Å². The highest BCUT2D eigenvalue weighted by Gasteiger charge is 2.22. The van der Waals surface area contributed by atoms with Crippen LogP contribution in [0.2, 0.25) is 0 Å². The molecule has 9 heavy (non-hydrogen) atoms. The van der Waals surface area contributed by atoms with Gasteiger partial charge in [0.15, 0.2) is 0 Å². The predicted molar refractivity (Wildman–Crippen MR) is 37.2 cm³/mol. The van der Waals surface area contributed by atoms with Crippen molar-refractivity contribution in [2.24, 2.45) is 11.7 Å². The van der Waals surface area contributed by atoms with E-state index in [2.05, 4.69) is 6.92 Å². The van der Waals surface area contributed by atoms with Crippen LogP contribution in [0.3, 0.4) is 0 Å². The van der Waals surface area contributed by atoms with Gasteiger partial charge in [-0.1, -0.05) is 13.3 Å². The maximum Gasteiger partial charge on any atom is 0.0700 e. The van der Waals surface area contributed by atoms with Crippen LogP contribution in [0.1, 0.15) is 19.8 Å². The summed E-state index contributed by atoms with van der Waals surface area (Å²) in [4.78, 5) is 0. The van der Waals surface area contributed by atoms with E-state index in [1.54, 1.807) is 0 Å². The lowest BCUT2D eigenvalue weighted by Crippen LogP contribution is -2.18. The number of nitrogens with two attached hydrogens (primary N) is 1. The zero-order valence-electron chi connectivity index (χ0n) is 5.97. The second kappa shape index (κ2) is 3.18. The highest BCUT2D eigenvalue weighted by molar-refractivity contribution is 4.72. The first kappa shape index (κ1) is 7.03. The fourth-order valence-corrected chi connectivity index (χ4v) is 1.23. The topological polar surface area (TPSA) is 35.2 Å². The predicted octanol–water partition coefficient (Wildman–Crippen LogP) is 0.760. The Hall–Kier alpha value is -0.0800. The van der Waals surface area contributed by atoms with Gasteiger partial charge < -0.3 is 10.5 Å². The molecule has 1 rings (SSSR count). The molecule has 0 saturated carbocycles. The van der Waals surface area contributed by atoms with Crippen molar-refractivity contribution in [3.63, 3.8) is 0 Å². The van der Waals surface area contributed by atoms with Gasteiger partial charge in [-0.2, -0.15) is 0 Å². The smallest absolute Gasteiger partial charge is 0.0700 e. The lowest BCUT2D eigenvalue weighted by atomic mass is 10.0. The van der Waals surface area contributed by atoms with E-state index in [-0.39, 0.29) is 0 Å². The quantitative estimate of drug-likeness (QED) is 0.597. The van der Waals surface area contributed by atoms with Crippen LogP contribution < -0.4 is 5.73 Å². The lowest BCUT2D eigenvalue weighted by molar-refractivity contribution is 0.112. The highest BCUT2D eigenvalue weighted by Crippen LogP contribution is 2.20. The molecule has 2 heteroatoms. The van der Waals surface area contributed by atoms with E-state index >= 15 is 0 Å². The van der Waals surface area contributed by atoms with E-state index in [0.717, 1.165) is 12.5 Å². The summed E-state index contributed by atoms with van der Waals surface area (Å²) in [5.41, 5.74) is 5.43. The van der Waals surface area contributed by atoms with Crippen LogP contribution in [0.25, 0.3) is 0 Å². The summed E-state index contributed by atoms with van der Waals surface area (Å²) in [6, 6.07) is 0. The van der Waals surface area contributed by atoms with E-state index in [0.29, 0.717) is 12.6 Å². The summed E-state index contributed by atoms with van der Waals surface area (Å²) in [7, 11) is 0. The van der Waals surface area contributed by atoms with E-state index < -0.39 is 0 Å². The average Bonchev–Trinajstić information content (AvgIpc) is 2.34. The molecule has 0 aromatic rings. The first-order valence-corrected chi connectivity index (χ1v) is 3.68. The van der Waals surface area contributed by atoms with E-state index in [4.69, 9.17) is 10.5 Å². The van der Waals surface area contributed by atoms with Gasteiger partial charge in [0.1, 0.15) is 0 Å². The Kier molecular flexibility index (Phi) is 2.49. The molecule has 0 unspecified atom stereocenters. The molecule has 2 N–H and O–H groups in total. The molecule has 1 fully saturated rings. The van der Waals surface area contributed by atoms with Gasteiger partial charge >= 0.3 is 0 Å². The molecule has 2 nitrogen and oxygen atoms in total. The lowest BCUT2D eigenvalue weighted by Gasteiger charge is -2.02. The number of ether oxygens (including phenoxy) is 1. The summed E-state index contributed by atoms with van der Waals surface area (Å²) in [5, 5.41) is 0.